The van der Waals surface area contributed by atoms with E-state index in [1.54, 1.807) is 0 Å². The van der Waals surface area contributed by atoms with Gasteiger partial charge in [-0.15, -0.1) is 0 Å². The van der Waals surface area contributed by atoms with Crippen LogP contribution in [-0.2, 0) is 9.53 Å². The minimum atomic E-state index is -0.155. The summed E-state index contributed by atoms with van der Waals surface area (Å²) in [7, 11) is 0. The van der Waals surface area contributed by atoms with Crippen LogP contribution >= 0.6 is 0 Å². The van der Waals surface area contributed by atoms with Gasteiger partial charge in [-0.25, -0.2) is 0 Å². The number of hydrogen-bond donors (Lipinski definition) is 1. The molecule has 2 unspecified atom stereocenters. The van der Waals surface area contributed by atoms with Crippen LogP contribution in [0.2, 0.25) is 0 Å². The highest BCUT2D eigenvalue weighted by atomic mass is 16.5. The van der Waals surface area contributed by atoms with Crippen LogP contribution in [0.3, 0.4) is 0 Å². The van der Waals surface area contributed by atoms with Crippen molar-refractivity contribution in [2.45, 2.75) is 38.2 Å². The van der Waals surface area contributed by atoms with Crippen molar-refractivity contribution < 1.29 is 14.3 Å². The first-order chi connectivity index (χ1) is 12.3. The number of nitrogens with one attached hydrogen (secondary N) is 1. The van der Waals surface area contributed by atoms with Gasteiger partial charge in [-0.1, -0.05) is 43.3 Å². The molecule has 1 amide bonds. The number of benzene rings is 2. The van der Waals surface area contributed by atoms with Gasteiger partial charge in [-0.05, 0) is 37.0 Å². The summed E-state index contributed by atoms with van der Waals surface area (Å²) in [6.07, 6.45) is 3.08. The van der Waals surface area contributed by atoms with Crippen molar-refractivity contribution >= 4 is 11.6 Å². The largest absolute Gasteiger partial charge is 0.491 e. The van der Waals surface area contributed by atoms with Gasteiger partial charge in [0.1, 0.15) is 12.4 Å². The Balaban J connectivity index is 1.61. The maximum Gasteiger partial charge on any atom is 0.231 e. The van der Waals surface area contributed by atoms with Crippen molar-refractivity contribution in [3.63, 3.8) is 0 Å². The number of anilines is 1. The molecule has 0 aliphatic carbocycles. The molecule has 2 aromatic carbocycles. The summed E-state index contributed by atoms with van der Waals surface area (Å²) in [5.41, 5.74) is 1.79. The number of rotatable bonds is 7. The van der Waals surface area contributed by atoms with Crippen LogP contribution < -0.4 is 10.1 Å². The summed E-state index contributed by atoms with van der Waals surface area (Å²) in [5, 5.41) is 3.01. The van der Waals surface area contributed by atoms with Crippen LogP contribution in [0.4, 0.5) is 5.69 Å². The fraction of sp³-hybridized carbons (Fsp3) is 0.381. The van der Waals surface area contributed by atoms with Crippen molar-refractivity contribution in [3.05, 3.63) is 60.2 Å². The van der Waals surface area contributed by atoms with Crippen LogP contribution in [0.1, 0.15) is 37.7 Å². The summed E-state index contributed by atoms with van der Waals surface area (Å²) in [6.45, 7) is 3.40. The maximum absolute atomic E-state index is 12.7. The molecule has 0 spiro atoms. The second-order valence-corrected chi connectivity index (χ2v) is 6.33. The first kappa shape index (κ1) is 17.5. The van der Waals surface area contributed by atoms with Crippen LogP contribution in [0.25, 0.3) is 0 Å². The van der Waals surface area contributed by atoms with Crippen molar-refractivity contribution in [2.75, 3.05) is 18.5 Å². The number of carbonyl (C=O) groups is 1. The smallest absolute Gasteiger partial charge is 0.231 e. The molecule has 1 fully saturated rings. The van der Waals surface area contributed by atoms with Crippen LogP contribution in [0.15, 0.2) is 54.6 Å². The molecule has 0 aromatic heterocycles. The van der Waals surface area contributed by atoms with E-state index in [9.17, 15) is 4.79 Å². The van der Waals surface area contributed by atoms with Crippen LogP contribution in [0, 0.1) is 0 Å². The lowest BCUT2D eigenvalue weighted by Gasteiger charge is -2.16. The molecule has 2 aromatic rings. The normalized spacial score (nSPS) is 17.9. The Hall–Kier alpha value is -2.33. The fourth-order valence-electron chi connectivity index (χ4n) is 3.12. The predicted octanol–water partition coefficient (Wildman–Crippen LogP) is 4.38. The highest BCUT2D eigenvalue weighted by Gasteiger charge is 2.19. The van der Waals surface area contributed by atoms with Gasteiger partial charge in [-0.3, -0.25) is 4.79 Å². The topological polar surface area (TPSA) is 47.6 Å². The van der Waals surface area contributed by atoms with Crippen molar-refractivity contribution in [2.24, 2.45) is 0 Å². The summed E-state index contributed by atoms with van der Waals surface area (Å²) in [5.74, 6) is 0.601. The molecule has 1 aliphatic rings. The lowest BCUT2D eigenvalue weighted by molar-refractivity contribution is -0.117. The van der Waals surface area contributed by atoms with Crippen molar-refractivity contribution in [1.29, 1.82) is 0 Å². The molecule has 1 saturated heterocycles. The Labute approximate surface area is 149 Å². The first-order valence-electron chi connectivity index (χ1n) is 8.96. The Morgan fingerprint density at radius 2 is 2.08 bits per heavy atom. The number of hydrogen-bond acceptors (Lipinski definition) is 3. The van der Waals surface area contributed by atoms with E-state index in [1.165, 1.54) is 0 Å². The van der Waals surface area contributed by atoms with E-state index in [0.29, 0.717) is 6.61 Å². The molecule has 1 N–H and O–H groups in total. The third-order valence-electron chi connectivity index (χ3n) is 4.49. The number of ether oxygens (including phenoxy) is 2. The highest BCUT2D eigenvalue weighted by Crippen LogP contribution is 2.24. The second kappa shape index (κ2) is 8.67. The maximum atomic E-state index is 12.7. The van der Waals surface area contributed by atoms with Gasteiger partial charge in [0, 0.05) is 18.4 Å². The standard InChI is InChI=1S/C21H25NO3/c1-2-20(16-8-4-3-5-9-16)21(23)22-17-10-6-11-18(14-17)25-15-19-12-7-13-24-19/h3-6,8-11,14,19-20H,2,7,12-13,15H2,1H3,(H,22,23). The Kier molecular flexibility index (Phi) is 6.07. The SMILES string of the molecule is CCC(C(=O)Nc1cccc(OCC2CCCO2)c1)c1ccccc1. The van der Waals surface area contributed by atoms with E-state index in [1.807, 2.05) is 61.5 Å². The molecular weight excluding hydrogens is 314 g/mol. The van der Waals surface area contributed by atoms with Crippen LogP contribution in [0.5, 0.6) is 5.75 Å². The van der Waals surface area contributed by atoms with Gasteiger partial charge in [-0.2, -0.15) is 0 Å². The average Bonchev–Trinajstić information content (AvgIpc) is 3.15. The van der Waals surface area contributed by atoms with Crippen molar-refractivity contribution in [3.8, 4) is 5.75 Å². The average molecular weight is 339 g/mol. The van der Waals surface area contributed by atoms with E-state index >= 15 is 0 Å². The third kappa shape index (κ3) is 4.83. The van der Waals surface area contributed by atoms with Gasteiger partial charge < -0.3 is 14.8 Å². The molecule has 0 saturated carbocycles. The Morgan fingerprint density at radius 3 is 2.80 bits per heavy atom. The lowest BCUT2D eigenvalue weighted by atomic mass is 9.95. The summed E-state index contributed by atoms with van der Waals surface area (Å²) in [6, 6.07) is 17.4. The molecule has 4 nitrogen and oxygen atoms in total. The third-order valence-corrected chi connectivity index (χ3v) is 4.49. The van der Waals surface area contributed by atoms with Gasteiger partial charge in [0.15, 0.2) is 0 Å². The highest BCUT2D eigenvalue weighted by molar-refractivity contribution is 5.95. The molecule has 4 heteroatoms. The molecule has 1 heterocycles. The Morgan fingerprint density at radius 1 is 1.24 bits per heavy atom. The summed E-state index contributed by atoms with van der Waals surface area (Å²) < 4.78 is 11.4. The van der Waals surface area contributed by atoms with Crippen molar-refractivity contribution in [1.82, 2.24) is 0 Å². The van der Waals surface area contributed by atoms with E-state index in [-0.39, 0.29) is 17.9 Å². The summed E-state index contributed by atoms with van der Waals surface area (Å²) >= 11 is 0. The molecule has 1 aliphatic heterocycles. The van der Waals surface area contributed by atoms with Crippen LogP contribution in [-0.4, -0.2) is 25.2 Å². The van der Waals surface area contributed by atoms with E-state index < -0.39 is 0 Å². The minimum absolute atomic E-state index is 0.00461. The molecular formula is C21H25NO3. The van der Waals surface area contributed by atoms with Gasteiger partial charge >= 0.3 is 0 Å². The fourth-order valence-corrected chi connectivity index (χ4v) is 3.12. The first-order valence-corrected chi connectivity index (χ1v) is 8.96. The quantitative estimate of drug-likeness (QED) is 0.814. The predicted molar refractivity (Wildman–Crippen MR) is 99.0 cm³/mol. The zero-order valence-electron chi connectivity index (χ0n) is 14.6. The molecule has 3 rings (SSSR count). The second-order valence-electron chi connectivity index (χ2n) is 6.33. The van der Waals surface area contributed by atoms with Gasteiger partial charge in [0.25, 0.3) is 0 Å². The monoisotopic (exact) mass is 339 g/mol. The zero-order valence-corrected chi connectivity index (χ0v) is 14.6. The molecule has 0 radical (unpaired) electrons. The molecule has 0 bridgehead atoms. The number of carbonyl (C=O) groups excluding carboxylic acids is 1. The minimum Gasteiger partial charge on any atom is -0.491 e. The molecule has 25 heavy (non-hydrogen) atoms. The molecule has 132 valence electrons. The van der Waals surface area contributed by atoms with Gasteiger partial charge in [0.05, 0.1) is 12.0 Å². The lowest BCUT2D eigenvalue weighted by Crippen LogP contribution is -2.20. The summed E-state index contributed by atoms with van der Waals surface area (Å²) in [4.78, 5) is 12.7. The van der Waals surface area contributed by atoms with Gasteiger partial charge in [0.2, 0.25) is 5.91 Å². The number of amides is 1. The molecule has 2 atom stereocenters. The van der Waals surface area contributed by atoms with E-state index in [0.717, 1.165) is 42.9 Å². The Bertz CT molecular complexity index is 681. The van der Waals surface area contributed by atoms with E-state index in [2.05, 4.69) is 5.32 Å². The zero-order chi connectivity index (χ0) is 17.5. The van der Waals surface area contributed by atoms with E-state index in [4.69, 9.17) is 9.47 Å².